The Morgan fingerprint density at radius 3 is 2.78 bits per heavy atom. The predicted molar refractivity (Wildman–Crippen MR) is 35.4 cm³/mol. The normalized spacial score (nSPS) is 36.7. The summed E-state index contributed by atoms with van der Waals surface area (Å²) in [7, 11) is 1.75. The number of hydrogen-bond donors (Lipinski definition) is 0. The first-order valence-corrected chi connectivity index (χ1v) is 3.49. The molecule has 2 heteroatoms. The summed E-state index contributed by atoms with van der Waals surface area (Å²) >= 11 is 0. The van der Waals surface area contributed by atoms with Gasteiger partial charge in [-0.15, -0.1) is 0 Å². The molecule has 0 aromatic rings. The lowest BCUT2D eigenvalue weighted by molar-refractivity contribution is -0.0812. The van der Waals surface area contributed by atoms with E-state index in [0.29, 0.717) is 12.2 Å². The third-order valence-electron chi connectivity index (χ3n) is 1.84. The zero-order chi connectivity index (χ0) is 6.69. The first-order chi connectivity index (χ1) is 4.34. The third kappa shape index (κ3) is 1.66. The molecule has 0 aliphatic carbocycles. The monoisotopic (exact) mass is 130 g/mol. The quantitative estimate of drug-likeness (QED) is 0.531. The highest BCUT2D eigenvalue weighted by Crippen LogP contribution is 2.15. The molecule has 0 saturated carbocycles. The molecule has 2 nitrogen and oxygen atoms in total. The van der Waals surface area contributed by atoms with E-state index < -0.39 is 0 Å². The molecular formula is C7H14O2. The van der Waals surface area contributed by atoms with E-state index in [0.717, 1.165) is 19.4 Å². The molecule has 0 aromatic heterocycles. The van der Waals surface area contributed by atoms with Gasteiger partial charge in [0.25, 0.3) is 0 Å². The number of ether oxygens (including phenoxy) is 2. The molecule has 1 aliphatic rings. The Bertz CT molecular complexity index is 83.0. The van der Waals surface area contributed by atoms with Crippen LogP contribution in [0.1, 0.15) is 19.8 Å². The van der Waals surface area contributed by atoms with Crippen LogP contribution in [0.2, 0.25) is 0 Å². The van der Waals surface area contributed by atoms with E-state index in [-0.39, 0.29) is 0 Å². The van der Waals surface area contributed by atoms with Gasteiger partial charge in [-0.25, -0.2) is 0 Å². The molecule has 0 spiro atoms. The van der Waals surface area contributed by atoms with Gasteiger partial charge in [0.1, 0.15) is 0 Å². The van der Waals surface area contributed by atoms with Gasteiger partial charge in [-0.1, -0.05) is 0 Å². The summed E-state index contributed by atoms with van der Waals surface area (Å²) in [6, 6.07) is 0. The van der Waals surface area contributed by atoms with E-state index in [1.54, 1.807) is 7.11 Å². The minimum absolute atomic E-state index is 0.295. The van der Waals surface area contributed by atoms with Gasteiger partial charge in [-0.05, 0) is 19.8 Å². The summed E-state index contributed by atoms with van der Waals surface area (Å²) in [6.07, 6.45) is 2.92. The first kappa shape index (κ1) is 7.03. The molecule has 0 bridgehead atoms. The molecule has 0 radical (unpaired) electrons. The second kappa shape index (κ2) is 3.18. The molecule has 0 N–H and O–H groups in total. The van der Waals surface area contributed by atoms with Crippen LogP contribution in [-0.2, 0) is 9.47 Å². The number of rotatable bonds is 1. The fraction of sp³-hybridized carbons (Fsp3) is 1.00. The van der Waals surface area contributed by atoms with Crippen LogP contribution in [0.15, 0.2) is 0 Å². The summed E-state index contributed by atoms with van der Waals surface area (Å²) in [5.74, 6) is 0. The predicted octanol–water partition coefficient (Wildman–Crippen LogP) is 1.20. The van der Waals surface area contributed by atoms with Crippen LogP contribution < -0.4 is 0 Å². The van der Waals surface area contributed by atoms with Crippen molar-refractivity contribution in [1.29, 1.82) is 0 Å². The van der Waals surface area contributed by atoms with Gasteiger partial charge in [0.15, 0.2) is 0 Å². The van der Waals surface area contributed by atoms with Gasteiger partial charge in [-0.3, -0.25) is 0 Å². The lowest BCUT2D eigenvalue weighted by Gasteiger charge is -2.27. The Morgan fingerprint density at radius 1 is 1.56 bits per heavy atom. The maximum Gasteiger partial charge on any atom is 0.0831 e. The standard InChI is InChI=1S/C7H14O2/c1-6-7(8-2)4-3-5-9-6/h6-7H,3-5H2,1-2H3/t6-,7?/m0/s1. The van der Waals surface area contributed by atoms with Crippen LogP contribution in [0.3, 0.4) is 0 Å². The Kier molecular flexibility index (Phi) is 2.49. The van der Waals surface area contributed by atoms with Gasteiger partial charge in [0, 0.05) is 13.7 Å². The van der Waals surface area contributed by atoms with Gasteiger partial charge in [0.05, 0.1) is 12.2 Å². The molecule has 0 amide bonds. The highest BCUT2D eigenvalue weighted by Gasteiger charge is 2.20. The Hall–Kier alpha value is -0.0800. The van der Waals surface area contributed by atoms with Gasteiger partial charge in [-0.2, -0.15) is 0 Å². The van der Waals surface area contributed by atoms with Crippen molar-refractivity contribution < 1.29 is 9.47 Å². The molecule has 1 rings (SSSR count). The fourth-order valence-electron chi connectivity index (χ4n) is 1.21. The number of methoxy groups -OCH3 is 1. The van der Waals surface area contributed by atoms with Gasteiger partial charge in [0.2, 0.25) is 0 Å². The molecule has 54 valence electrons. The third-order valence-corrected chi connectivity index (χ3v) is 1.84. The van der Waals surface area contributed by atoms with Crippen molar-refractivity contribution in [2.75, 3.05) is 13.7 Å². The van der Waals surface area contributed by atoms with E-state index >= 15 is 0 Å². The minimum atomic E-state index is 0.295. The average molecular weight is 130 g/mol. The van der Waals surface area contributed by atoms with Crippen molar-refractivity contribution in [3.8, 4) is 0 Å². The van der Waals surface area contributed by atoms with Crippen molar-refractivity contribution in [3.05, 3.63) is 0 Å². The highest BCUT2D eigenvalue weighted by molar-refractivity contribution is 4.69. The van der Waals surface area contributed by atoms with Gasteiger partial charge < -0.3 is 9.47 Å². The van der Waals surface area contributed by atoms with E-state index in [2.05, 4.69) is 6.92 Å². The van der Waals surface area contributed by atoms with Gasteiger partial charge >= 0.3 is 0 Å². The van der Waals surface area contributed by atoms with Crippen molar-refractivity contribution >= 4 is 0 Å². The zero-order valence-electron chi connectivity index (χ0n) is 6.09. The van der Waals surface area contributed by atoms with E-state index in [4.69, 9.17) is 9.47 Å². The summed E-state index contributed by atoms with van der Waals surface area (Å²) in [6.45, 7) is 2.97. The fourth-order valence-corrected chi connectivity index (χ4v) is 1.21. The molecule has 2 atom stereocenters. The second-order valence-corrected chi connectivity index (χ2v) is 2.49. The maximum absolute atomic E-state index is 5.36. The average Bonchev–Trinajstić information content (AvgIpc) is 1.89. The van der Waals surface area contributed by atoms with Crippen LogP contribution in [0.4, 0.5) is 0 Å². The van der Waals surface area contributed by atoms with Crippen molar-refractivity contribution in [1.82, 2.24) is 0 Å². The largest absolute Gasteiger partial charge is 0.379 e. The molecule has 9 heavy (non-hydrogen) atoms. The van der Waals surface area contributed by atoms with E-state index in [1.165, 1.54) is 0 Å². The topological polar surface area (TPSA) is 18.5 Å². The molecule has 1 fully saturated rings. The van der Waals surface area contributed by atoms with E-state index in [1.807, 2.05) is 0 Å². The van der Waals surface area contributed by atoms with Crippen LogP contribution in [-0.4, -0.2) is 25.9 Å². The highest BCUT2D eigenvalue weighted by atomic mass is 16.5. The molecular weight excluding hydrogens is 116 g/mol. The lowest BCUT2D eigenvalue weighted by Crippen LogP contribution is -2.32. The number of hydrogen-bond acceptors (Lipinski definition) is 2. The first-order valence-electron chi connectivity index (χ1n) is 3.49. The Morgan fingerprint density at radius 2 is 2.33 bits per heavy atom. The Balaban J connectivity index is 2.30. The Labute approximate surface area is 56.2 Å². The summed E-state index contributed by atoms with van der Waals surface area (Å²) in [4.78, 5) is 0. The summed E-state index contributed by atoms with van der Waals surface area (Å²) in [5, 5.41) is 0. The molecule has 1 saturated heterocycles. The SMILES string of the molecule is COC1CCCO[C@H]1C. The second-order valence-electron chi connectivity index (χ2n) is 2.49. The zero-order valence-corrected chi connectivity index (χ0v) is 6.09. The van der Waals surface area contributed by atoms with Crippen LogP contribution >= 0.6 is 0 Å². The lowest BCUT2D eigenvalue weighted by atomic mass is 10.1. The van der Waals surface area contributed by atoms with E-state index in [9.17, 15) is 0 Å². The minimum Gasteiger partial charge on any atom is -0.379 e. The molecule has 0 aromatic carbocycles. The maximum atomic E-state index is 5.36. The van der Waals surface area contributed by atoms with Crippen LogP contribution in [0, 0.1) is 0 Å². The summed E-state index contributed by atoms with van der Waals surface area (Å²) in [5.41, 5.74) is 0. The smallest absolute Gasteiger partial charge is 0.0831 e. The van der Waals surface area contributed by atoms with Crippen LogP contribution in [0.5, 0.6) is 0 Å². The molecule has 1 unspecified atom stereocenters. The van der Waals surface area contributed by atoms with Crippen molar-refractivity contribution in [2.24, 2.45) is 0 Å². The summed E-state index contributed by atoms with van der Waals surface area (Å²) < 4.78 is 10.5. The molecule has 1 aliphatic heterocycles. The van der Waals surface area contributed by atoms with Crippen molar-refractivity contribution in [3.63, 3.8) is 0 Å². The van der Waals surface area contributed by atoms with Crippen LogP contribution in [0.25, 0.3) is 0 Å². The van der Waals surface area contributed by atoms with Crippen molar-refractivity contribution in [2.45, 2.75) is 32.0 Å². The molecule has 1 heterocycles.